The number of rotatable bonds is 4. The van der Waals surface area contributed by atoms with Gasteiger partial charge in [0.05, 0.1) is 5.75 Å². The highest BCUT2D eigenvalue weighted by Gasteiger charge is 2.11. The van der Waals surface area contributed by atoms with Crippen LogP contribution in [0.25, 0.3) is 22.1 Å². The van der Waals surface area contributed by atoms with Crippen molar-refractivity contribution in [3.8, 4) is 0 Å². The van der Waals surface area contributed by atoms with Crippen LogP contribution in [0.2, 0.25) is 0 Å². The molecule has 0 saturated carbocycles. The summed E-state index contributed by atoms with van der Waals surface area (Å²) in [4.78, 5) is 19.3. The first kappa shape index (κ1) is 15.2. The van der Waals surface area contributed by atoms with E-state index in [2.05, 4.69) is 41.4 Å². The zero-order valence-electron chi connectivity index (χ0n) is 12.1. The zero-order chi connectivity index (χ0) is 15.7. The smallest absolute Gasteiger partial charge is 0.230 e. The molecule has 0 unspecified atom stereocenters. The number of hydrogen-bond donors (Lipinski definition) is 2. The molecule has 0 bridgehead atoms. The Bertz CT molecular complexity index is 848. The summed E-state index contributed by atoms with van der Waals surface area (Å²) in [6.07, 6.45) is 0. The fraction of sp³-hybridized carbons (Fsp3) is 0.286. The van der Waals surface area contributed by atoms with Gasteiger partial charge in [-0.15, -0.1) is 10.2 Å². The second kappa shape index (κ2) is 6.21. The number of amides is 1. The molecule has 8 heteroatoms. The molecule has 0 fully saturated rings. The summed E-state index contributed by atoms with van der Waals surface area (Å²) in [5, 5.41) is 12.6. The van der Waals surface area contributed by atoms with Gasteiger partial charge >= 0.3 is 0 Å². The van der Waals surface area contributed by atoms with E-state index in [1.54, 1.807) is 0 Å². The molecular formula is C14H14BrN5OS. The van der Waals surface area contributed by atoms with Crippen molar-refractivity contribution in [1.29, 1.82) is 0 Å². The van der Waals surface area contributed by atoms with E-state index in [4.69, 9.17) is 0 Å². The molecular weight excluding hydrogens is 366 g/mol. The maximum absolute atomic E-state index is 11.6. The van der Waals surface area contributed by atoms with Crippen LogP contribution in [0.15, 0.2) is 27.8 Å². The van der Waals surface area contributed by atoms with Gasteiger partial charge in [-0.05, 0) is 32.0 Å². The molecule has 2 N–H and O–H groups in total. The normalized spacial score (nSPS) is 11.5. The first-order valence-electron chi connectivity index (χ1n) is 6.77. The van der Waals surface area contributed by atoms with E-state index >= 15 is 0 Å². The van der Waals surface area contributed by atoms with Crippen molar-refractivity contribution < 1.29 is 4.79 Å². The lowest BCUT2D eigenvalue weighted by atomic mass is 10.2. The van der Waals surface area contributed by atoms with Crippen LogP contribution in [0.4, 0.5) is 0 Å². The van der Waals surface area contributed by atoms with Crippen molar-refractivity contribution in [2.45, 2.75) is 25.0 Å². The van der Waals surface area contributed by atoms with E-state index in [-0.39, 0.29) is 17.7 Å². The maximum Gasteiger partial charge on any atom is 0.230 e. The van der Waals surface area contributed by atoms with Crippen molar-refractivity contribution in [3.05, 3.63) is 22.7 Å². The van der Waals surface area contributed by atoms with Gasteiger partial charge in [-0.2, -0.15) is 0 Å². The predicted molar refractivity (Wildman–Crippen MR) is 90.9 cm³/mol. The van der Waals surface area contributed by atoms with Crippen molar-refractivity contribution in [3.63, 3.8) is 0 Å². The van der Waals surface area contributed by atoms with Gasteiger partial charge in [-0.1, -0.05) is 27.7 Å². The average Bonchev–Trinajstić information content (AvgIpc) is 2.81. The molecule has 0 aliphatic carbocycles. The minimum Gasteiger partial charge on any atom is -0.353 e. The van der Waals surface area contributed by atoms with Crippen LogP contribution in [0, 0.1) is 0 Å². The highest BCUT2D eigenvalue weighted by atomic mass is 79.9. The number of H-pyrrole nitrogens is 1. The third-order valence-corrected chi connectivity index (χ3v) is 4.27. The van der Waals surface area contributed by atoms with E-state index in [1.165, 1.54) is 11.8 Å². The Hall–Kier alpha value is -1.67. The Morgan fingerprint density at radius 2 is 2.23 bits per heavy atom. The molecule has 0 aliphatic heterocycles. The molecule has 3 rings (SSSR count). The Kier molecular flexibility index (Phi) is 4.30. The maximum atomic E-state index is 11.6. The SMILES string of the molecule is CC(C)NC(=O)CSc1nnc2c(n1)[nH]c1ccc(Br)cc12. The highest BCUT2D eigenvalue weighted by molar-refractivity contribution is 9.10. The number of halogens is 1. The Labute approximate surface area is 139 Å². The molecule has 1 aromatic carbocycles. The molecule has 0 radical (unpaired) electrons. The van der Waals surface area contributed by atoms with Crippen molar-refractivity contribution >= 4 is 55.7 Å². The molecule has 0 atom stereocenters. The first-order chi connectivity index (χ1) is 10.5. The number of carbonyl (C=O) groups is 1. The van der Waals surface area contributed by atoms with E-state index in [1.807, 2.05) is 32.0 Å². The summed E-state index contributed by atoms with van der Waals surface area (Å²) in [5.74, 6) is 0.237. The topological polar surface area (TPSA) is 83.6 Å². The van der Waals surface area contributed by atoms with E-state index in [0.29, 0.717) is 10.8 Å². The summed E-state index contributed by atoms with van der Waals surface area (Å²) in [6, 6.07) is 6.03. The monoisotopic (exact) mass is 379 g/mol. The fourth-order valence-electron chi connectivity index (χ4n) is 2.08. The van der Waals surface area contributed by atoms with Crippen LogP contribution in [-0.2, 0) is 4.79 Å². The third kappa shape index (κ3) is 3.22. The van der Waals surface area contributed by atoms with Gasteiger partial charge in [-0.3, -0.25) is 4.79 Å². The van der Waals surface area contributed by atoms with Crippen LogP contribution >= 0.6 is 27.7 Å². The third-order valence-electron chi connectivity index (χ3n) is 2.94. The summed E-state index contributed by atoms with van der Waals surface area (Å²) in [5.41, 5.74) is 2.36. The molecule has 6 nitrogen and oxygen atoms in total. The van der Waals surface area contributed by atoms with Crippen LogP contribution < -0.4 is 5.32 Å². The summed E-state index contributed by atoms with van der Waals surface area (Å²) >= 11 is 4.72. The minimum absolute atomic E-state index is 0.0377. The second-order valence-corrected chi connectivity index (χ2v) is 6.98. The predicted octanol–water partition coefficient (Wildman–Crippen LogP) is 2.89. The molecule has 2 aromatic heterocycles. The van der Waals surface area contributed by atoms with Crippen LogP contribution in [0.1, 0.15) is 13.8 Å². The Morgan fingerprint density at radius 1 is 1.41 bits per heavy atom. The van der Waals surface area contributed by atoms with Gasteiger partial charge in [0, 0.05) is 21.4 Å². The first-order valence-corrected chi connectivity index (χ1v) is 8.54. The Morgan fingerprint density at radius 3 is 3.00 bits per heavy atom. The molecule has 0 spiro atoms. The zero-order valence-corrected chi connectivity index (χ0v) is 14.5. The molecule has 2 heterocycles. The van der Waals surface area contributed by atoms with Crippen molar-refractivity contribution in [2.75, 3.05) is 5.75 Å². The molecule has 114 valence electrons. The van der Waals surface area contributed by atoms with Gasteiger partial charge in [0.2, 0.25) is 11.1 Å². The lowest BCUT2D eigenvalue weighted by Gasteiger charge is -2.06. The van der Waals surface area contributed by atoms with Gasteiger partial charge in [0.15, 0.2) is 5.65 Å². The minimum atomic E-state index is -0.0377. The van der Waals surface area contributed by atoms with Gasteiger partial charge in [0.25, 0.3) is 0 Å². The fourth-order valence-corrected chi connectivity index (χ4v) is 3.04. The van der Waals surface area contributed by atoms with E-state index < -0.39 is 0 Å². The summed E-state index contributed by atoms with van der Waals surface area (Å²) in [6.45, 7) is 3.85. The number of aromatic nitrogens is 4. The van der Waals surface area contributed by atoms with Crippen molar-refractivity contribution in [1.82, 2.24) is 25.5 Å². The lowest BCUT2D eigenvalue weighted by Crippen LogP contribution is -2.31. The quantitative estimate of drug-likeness (QED) is 0.680. The number of nitrogens with one attached hydrogen (secondary N) is 2. The number of nitrogens with zero attached hydrogens (tertiary/aromatic N) is 3. The lowest BCUT2D eigenvalue weighted by molar-refractivity contribution is -0.119. The van der Waals surface area contributed by atoms with Gasteiger partial charge < -0.3 is 10.3 Å². The molecule has 1 amide bonds. The van der Waals surface area contributed by atoms with Crippen LogP contribution in [0.5, 0.6) is 0 Å². The second-order valence-electron chi connectivity index (χ2n) is 5.12. The number of hydrogen-bond acceptors (Lipinski definition) is 5. The van der Waals surface area contributed by atoms with E-state index in [9.17, 15) is 4.79 Å². The van der Waals surface area contributed by atoms with Crippen LogP contribution in [0.3, 0.4) is 0 Å². The van der Waals surface area contributed by atoms with Gasteiger partial charge in [0.1, 0.15) is 5.52 Å². The molecule has 22 heavy (non-hydrogen) atoms. The number of fused-ring (bicyclic) bond motifs is 3. The molecule has 3 aromatic rings. The summed E-state index contributed by atoms with van der Waals surface area (Å²) < 4.78 is 0.978. The van der Waals surface area contributed by atoms with Crippen molar-refractivity contribution in [2.24, 2.45) is 0 Å². The highest BCUT2D eigenvalue weighted by Crippen LogP contribution is 2.26. The number of benzene rings is 1. The number of aromatic amines is 1. The summed E-state index contributed by atoms with van der Waals surface area (Å²) in [7, 11) is 0. The largest absolute Gasteiger partial charge is 0.353 e. The number of thioether (sulfide) groups is 1. The molecule has 0 aliphatic rings. The Balaban J connectivity index is 1.84. The van der Waals surface area contributed by atoms with Crippen LogP contribution in [-0.4, -0.2) is 37.9 Å². The van der Waals surface area contributed by atoms with Gasteiger partial charge in [-0.25, -0.2) is 4.98 Å². The average molecular weight is 380 g/mol. The number of carbonyl (C=O) groups excluding carboxylic acids is 1. The standard InChI is InChI=1S/C14H14BrN5OS/c1-7(2)16-11(21)6-22-14-18-13-12(19-20-14)9-5-8(15)3-4-10(9)17-13/h3-5,7H,6H2,1-2H3,(H,16,21)(H,17,18,20). The van der Waals surface area contributed by atoms with E-state index in [0.717, 1.165) is 20.9 Å². The molecule has 0 saturated heterocycles.